The number of nitrogens with zero attached hydrogens (tertiary/aromatic N) is 6. The molecule has 1 amide bonds. The highest BCUT2D eigenvalue weighted by Crippen LogP contribution is 2.32. The second-order valence-electron chi connectivity index (χ2n) is 9.83. The van der Waals surface area contributed by atoms with Gasteiger partial charge >= 0.3 is 0 Å². The number of hydrogen-bond donors (Lipinski definition) is 1. The molecule has 6 rings (SSSR count). The molecule has 1 N–H and O–H groups in total. The summed E-state index contributed by atoms with van der Waals surface area (Å²) in [4.78, 5) is 31.5. The number of rotatable bonds is 4. The van der Waals surface area contributed by atoms with E-state index in [-0.39, 0.29) is 11.9 Å². The first kappa shape index (κ1) is 24.4. The zero-order chi connectivity index (χ0) is 25.4. The lowest BCUT2D eigenvalue weighted by atomic mass is 10.1. The Morgan fingerprint density at radius 2 is 1.46 bits per heavy atom. The molecule has 9 nitrogen and oxygen atoms in total. The third-order valence-electron chi connectivity index (χ3n) is 7.57. The molecule has 0 saturated carbocycles. The minimum Gasteiger partial charge on any atom is -0.390 e. The molecule has 3 aromatic rings. The van der Waals surface area contributed by atoms with Gasteiger partial charge in [-0.1, -0.05) is 23.7 Å². The average Bonchev–Trinajstić information content (AvgIpc) is 3.34. The van der Waals surface area contributed by atoms with E-state index in [4.69, 9.17) is 26.3 Å². The fourth-order valence-corrected chi connectivity index (χ4v) is 5.64. The quantitative estimate of drug-likeness (QED) is 0.558. The van der Waals surface area contributed by atoms with Crippen molar-refractivity contribution in [3.8, 4) is 0 Å². The van der Waals surface area contributed by atoms with Gasteiger partial charge in [-0.3, -0.25) is 9.69 Å². The van der Waals surface area contributed by atoms with Gasteiger partial charge in [0.1, 0.15) is 0 Å². The molecule has 0 radical (unpaired) electrons. The number of benzene rings is 2. The SMILES string of the molecule is O=C(c1ccc(Cl)cc1)N1CCN([C@H]2CN(c3nc4ccccc4nc3N3CCOCC3)C[C@@H]2O)CC1. The van der Waals surface area contributed by atoms with Crippen LogP contribution in [0.15, 0.2) is 48.5 Å². The Kier molecular flexibility index (Phi) is 6.86. The number of aliphatic hydroxyl groups is 1. The number of halogens is 1. The van der Waals surface area contributed by atoms with E-state index < -0.39 is 6.10 Å². The number of morpholine rings is 1. The lowest BCUT2D eigenvalue weighted by Crippen LogP contribution is -2.54. The third kappa shape index (κ3) is 4.96. The summed E-state index contributed by atoms with van der Waals surface area (Å²) in [5.74, 6) is 1.69. The van der Waals surface area contributed by atoms with E-state index in [1.807, 2.05) is 29.2 Å². The fourth-order valence-electron chi connectivity index (χ4n) is 5.51. The smallest absolute Gasteiger partial charge is 0.253 e. The monoisotopic (exact) mass is 522 g/mol. The molecule has 3 aliphatic heterocycles. The van der Waals surface area contributed by atoms with Crippen molar-refractivity contribution in [2.24, 2.45) is 0 Å². The number of piperazine rings is 1. The van der Waals surface area contributed by atoms with Crippen molar-refractivity contribution in [1.82, 2.24) is 19.8 Å². The summed E-state index contributed by atoms with van der Waals surface area (Å²) in [5, 5.41) is 11.7. The fraction of sp³-hybridized carbons (Fsp3) is 0.444. The van der Waals surface area contributed by atoms with Crippen molar-refractivity contribution in [2.45, 2.75) is 12.1 Å². The molecule has 3 aliphatic rings. The van der Waals surface area contributed by atoms with Crippen LogP contribution in [0.1, 0.15) is 10.4 Å². The zero-order valence-electron chi connectivity index (χ0n) is 20.7. The number of carbonyl (C=O) groups excluding carboxylic acids is 1. The van der Waals surface area contributed by atoms with Gasteiger partial charge in [-0.05, 0) is 36.4 Å². The first-order valence-electron chi connectivity index (χ1n) is 12.9. The van der Waals surface area contributed by atoms with Crippen molar-refractivity contribution in [3.63, 3.8) is 0 Å². The van der Waals surface area contributed by atoms with Crippen LogP contribution in [0.3, 0.4) is 0 Å². The number of aliphatic hydroxyl groups excluding tert-OH is 1. The van der Waals surface area contributed by atoms with Gasteiger partial charge in [-0.15, -0.1) is 0 Å². The number of hydrogen-bond acceptors (Lipinski definition) is 8. The summed E-state index contributed by atoms with van der Waals surface area (Å²) in [5.41, 5.74) is 2.36. The van der Waals surface area contributed by atoms with Crippen LogP contribution in [-0.2, 0) is 4.74 Å². The molecule has 3 fully saturated rings. The molecule has 0 unspecified atom stereocenters. The van der Waals surface area contributed by atoms with E-state index in [9.17, 15) is 9.90 Å². The number of amides is 1. The lowest BCUT2D eigenvalue weighted by molar-refractivity contribution is 0.0376. The van der Waals surface area contributed by atoms with Crippen LogP contribution in [0.5, 0.6) is 0 Å². The van der Waals surface area contributed by atoms with Gasteiger partial charge in [-0.25, -0.2) is 9.97 Å². The molecule has 10 heteroatoms. The van der Waals surface area contributed by atoms with Crippen LogP contribution in [0.4, 0.5) is 11.6 Å². The van der Waals surface area contributed by atoms with Crippen LogP contribution in [0.2, 0.25) is 5.02 Å². The largest absolute Gasteiger partial charge is 0.390 e. The molecular formula is C27H31ClN6O3. The van der Waals surface area contributed by atoms with E-state index in [1.54, 1.807) is 24.3 Å². The standard InChI is InChI=1S/C27H31ClN6O3/c28-20-7-5-19(6-8-20)27(36)33-11-9-31(10-12-33)23-17-34(18-24(23)35)26-25(32-13-15-37-16-14-32)29-21-3-1-2-4-22(21)30-26/h1-8,23-24,35H,9-18H2/t23-,24-/m0/s1. The number of aromatic nitrogens is 2. The maximum atomic E-state index is 12.9. The predicted octanol–water partition coefficient (Wildman–Crippen LogP) is 2.13. The van der Waals surface area contributed by atoms with E-state index in [2.05, 4.69) is 14.7 Å². The minimum absolute atomic E-state index is 0.0199. The molecule has 2 atom stereocenters. The Bertz CT molecular complexity index is 1260. The van der Waals surface area contributed by atoms with E-state index in [0.29, 0.717) is 63.1 Å². The average molecular weight is 523 g/mol. The van der Waals surface area contributed by atoms with Crippen LogP contribution < -0.4 is 9.80 Å². The van der Waals surface area contributed by atoms with Crippen LogP contribution in [-0.4, -0.2) is 108 Å². The minimum atomic E-state index is -0.510. The molecule has 37 heavy (non-hydrogen) atoms. The Morgan fingerprint density at radius 1 is 0.838 bits per heavy atom. The van der Waals surface area contributed by atoms with Gasteiger partial charge in [0, 0.05) is 62.9 Å². The molecule has 0 spiro atoms. The topological polar surface area (TPSA) is 85.3 Å². The predicted molar refractivity (Wildman–Crippen MR) is 144 cm³/mol. The summed E-state index contributed by atoms with van der Waals surface area (Å²) in [6.45, 7) is 6.71. The second kappa shape index (κ2) is 10.4. The molecule has 194 valence electrons. The Labute approximate surface area is 221 Å². The molecule has 1 aromatic heterocycles. The molecule has 0 bridgehead atoms. The first-order chi connectivity index (χ1) is 18.1. The maximum absolute atomic E-state index is 12.9. The van der Waals surface area contributed by atoms with E-state index in [1.165, 1.54) is 0 Å². The van der Waals surface area contributed by atoms with E-state index >= 15 is 0 Å². The highest BCUT2D eigenvalue weighted by Gasteiger charge is 2.39. The van der Waals surface area contributed by atoms with E-state index in [0.717, 1.165) is 35.8 Å². The van der Waals surface area contributed by atoms with Gasteiger partial charge in [0.25, 0.3) is 5.91 Å². The zero-order valence-corrected chi connectivity index (χ0v) is 21.4. The molecule has 0 aliphatic carbocycles. The van der Waals surface area contributed by atoms with Gasteiger partial charge in [0.2, 0.25) is 0 Å². The molecule has 4 heterocycles. The maximum Gasteiger partial charge on any atom is 0.253 e. The Balaban J connectivity index is 1.17. The first-order valence-corrected chi connectivity index (χ1v) is 13.3. The van der Waals surface area contributed by atoms with Gasteiger partial charge < -0.3 is 24.5 Å². The van der Waals surface area contributed by atoms with Crippen molar-refractivity contribution < 1.29 is 14.6 Å². The van der Waals surface area contributed by atoms with Crippen LogP contribution in [0, 0.1) is 0 Å². The van der Waals surface area contributed by atoms with Crippen molar-refractivity contribution in [2.75, 3.05) is 75.4 Å². The summed E-state index contributed by atoms with van der Waals surface area (Å²) in [6, 6.07) is 14.9. The number of carbonyl (C=O) groups is 1. The van der Waals surface area contributed by atoms with Crippen molar-refractivity contribution in [1.29, 1.82) is 0 Å². The normalized spacial score (nSPS) is 23.1. The number of fused-ring (bicyclic) bond motifs is 1. The van der Waals surface area contributed by atoms with Gasteiger partial charge in [-0.2, -0.15) is 0 Å². The summed E-state index contributed by atoms with van der Waals surface area (Å²) in [6.07, 6.45) is -0.510. The Morgan fingerprint density at radius 3 is 2.11 bits per heavy atom. The second-order valence-corrected chi connectivity index (χ2v) is 10.3. The third-order valence-corrected chi connectivity index (χ3v) is 7.82. The van der Waals surface area contributed by atoms with Crippen molar-refractivity contribution in [3.05, 3.63) is 59.1 Å². The molecular weight excluding hydrogens is 492 g/mol. The summed E-state index contributed by atoms with van der Waals surface area (Å²) < 4.78 is 5.56. The highest BCUT2D eigenvalue weighted by molar-refractivity contribution is 6.30. The number of β-amino-alcohol motifs (C(OH)–C–C–N with tert-alkyl or cyclic N) is 1. The highest BCUT2D eigenvalue weighted by atomic mass is 35.5. The van der Waals surface area contributed by atoms with Gasteiger partial charge in [0.05, 0.1) is 36.4 Å². The van der Waals surface area contributed by atoms with Crippen molar-refractivity contribution >= 4 is 40.2 Å². The van der Waals surface area contributed by atoms with Crippen LogP contribution in [0.25, 0.3) is 11.0 Å². The van der Waals surface area contributed by atoms with Gasteiger partial charge in [0.15, 0.2) is 11.6 Å². The number of para-hydroxylation sites is 2. The number of anilines is 2. The molecule has 3 saturated heterocycles. The molecule has 2 aromatic carbocycles. The number of ether oxygens (including phenoxy) is 1. The lowest BCUT2D eigenvalue weighted by Gasteiger charge is -2.39. The van der Waals surface area contributed by atoms with Crippen LogP contribution >= 0.6 is 11.6 Å². The summed E-state index contributed by atoms with van der Waals surface area (Å²) in [7, 11) is 0. The summed E-state index contributed by atoms with van der Waals surface area (Å²) >= 11 is 5.97. The Hall–Kier alpha value is -2.98.